The van der Waals surface area contributed by atoms with Crippen molar-refractivity contribution in [3.05, 3.63) is 76.1 Å². The summed E-state index contributed by atoms with van der Waals surface area (Å²) < 4.78 is 21.4. The number of esters is 1. The second-order valence-corrected chi connectivity index (χ2v) is 11.0. The Kier molecular flexibility index (Phi) is 9.37. The van der Waals surface area contributed by atoms with Crippen LogP contribution in [0.3, 0.4) is 0 Å². The molecule has 1 aliphatic carbocycles. The predicted octanol–water partition coefficient (Wildman–Crippen LogP) is 4.16. The standard InChI is InChI=1S/C31H34N4O7S/c1-5-42-29(37)26-24(32-30(38)34-27(26)19-8-13-25(41-4)20(15-19)16-39-2)17-43-31-33-23(28(36)35(31)21-9-10-21)14-18-6-11-22(40-3)12-7-18/h6-8,11-15,21,27H,5,9-10,16-17H2,1-4H3,(H2,32,34,38)/b23-14+/t27-/m0/s1. The molecule has 2 N–H and O–H groups in total. The van der Waals surface area contributed by atoms with Gasteiger partial charge in [-0.2, -0.15) is 0 Å². The van der Waals surface area contributed by atoms with Gasteiger partial charge in [0.05, 0.1) is 39.0 Å². The Hall–Kier alpha value is -4.29. The lowest BCUT2D eigenvalue weighted by atomic mass is 9.94. The molecule has 3 aliphatic rings. The first-order valence-electron chi connectivity index (χ1n) is 13.9. The normalized spacial score (nSPS) is 19.3. The number of hydrogen-bond acceptors (Lipinski definition) is 9. The van der Waals surface area contributed by atoms with Crippen LogP contribution in [0.2, 0.25) is 0 Å². The van der Waals surface area contributed by atoms with Crippen molar-refractivity contribution in [1.29, 1.82) is 0 Å². The van der Waals surface area contributed by atoms with E-state index >= 15 is 0 Å². The van der Waals surface area contributed by atoms with Crippen LogP contribution in [-0.2, 0) is 25.7 Å². The number of carbonyl (C=O) groups is 3. The molecule has 0 saturated heterocycles. The zero-order chi connectivity index (χ0) is 30.5. The third-order valence-corrected chi connectivity index (χ3v) is 8.10. The van der Waals surface area contributed by atoms with Crippen LogP contribution in [-0.4, -0.2) is 67.7 Å². The average molecular weight is 607 g/mol. The van der Waals surface area contributed by atoms with Crippen molar-refractivity contribution in [2.75, 3.05) is 33.7 Å². The fraction of sp³-hybridized carbons (Fsp3) is 0.355. The van der Waals surface area contributed by atoms with Crippen LogP contribution in [0, 0.1) is 0 Å². The summed E-state index contributed by atoms with van der Waals surface area (Å²) in [5, 5.41) is 6.19. The number of rotatable bonds is 11. The van der Waals surface area contributed by atoms with Gasteiger partial charge in [0, 0.05) is 30.2 Å². The van der Waals surface area contributed by atoms with E-state index in [0.29, 0.717) is 27.9 Å². The van der Waals surface area contributed by atoms with E-state index < -0.39 is 18.0 Å². The number of ether oxygens (including phenoxy) is 4. The van der Waals surface area contributed by atoms with Crippen LogP contribution in [0.1, 0.15) is 42.5 Å². The number of thioether (sulfide) groups is 1. The fourth-order valence-corrected chi connectivity index (χ4v) is 5.97. The van der Waals surface area contributed by atoms with Gasteiger partial charge in [0.25, 0.3) is 5.91 Å². The van der Waals surface area contributed by atoms with E-state index in [1.165, 1.54) is 11.8 Å². The Morgan fingerprint density at radius 3 is 2.51 bits per heavy atom. The fourth-order valence-electron chi connectivity index (χ4n) is 4.94. The van der Waals surface area contributed by atoms with Crippen LogP contribution >= 0.6 is 11.8 Å². The first-order valence-corrected chi connectivity index (χ1v) is 14.9. The maximum atomic E-state index is 13.4. The van der Waals surface area contributed by atoms with Gasteiger partial charge in [-0.1, -0.05) is 30.0 Å². The molecule has 3 amide bonds. The van der Waals surface area contributed by atoms with E-state index in [2.05, 4.69) is 15.6 Å². The molecular formula is C31H34N4O7S. The summed E-state index contributed by atoms with van der Waals surface area (Å²) >= 11 is 1.29. The van der Waals surface area contributed by atoms with Gasteiger partial charge < -0.3 is 29.6 Å². The molecule has 2 heterocycles. The maximum absolute atomic E-state index is 13.4. The van der Waals surface area contributed by atoms with E-state index in [4.69, 9.17) is 18.9 Å². The minimum Gasteiger partial charge on any atom is -0.497 e. The lowest BCUT2D eigenvalue weighted by molar-refractivity contribution is -0.139. The number of amidine groups is 1. The summed E-state index contributed by atoms with van der Waals surface area (Å²) in [7, 11) is 4.75. The average Bonchev–Trinajstić information content (AvgIpc) is 3.80. The van der Waals surface area contributed by atoms with E-state index in [0.717, 1.165) is 29.7 Å². The molecule has 2 aliphatic heterocycles. The lowest BCUT2D eigenvalue weighted by Crippen LogP contribution is -2.46. The highest BCUT2D eigenvalue weighted by molar-refractivity contribution is 8.14. The van der Waals surface area contributed by atoms with Crippen molar-refractivity contribution in [3.8, 4) is 11.5 Å². The summed E-state index contributed by atoms with van der Waals surface area (Å²) in [5.74, 6) is 0.812. The van der Waals surface area contributed by atoms with Gasteiger partial charge in [-0.05, 0) is 61.2 Å². The van der Waals surface area contributed by atoms with E-state index in [1.807, 2.05) is 30.3 Å². The van der Waals surface area contributed by atoms with Crippen LogP contribution in [0.5, 0.6) is 11.5 Å². The highest BCUT2D eigenvalue weighted by atomic mass is 32.2. The summed E-state index contributed by atoms with van der Waals surface area (Å²) in [6.07, 6.45) is 3.53. The van der Waals surface area contributed by atoms with Gasteiger partial charge in [0.15, 0.2) is 5.17 Å². The van der Waals surface area contributed by atoms with Gasteiger partial charge in [-0.25, -0.2) is 14.6 Å². The Labute approximate surface area is 254 Å². The summed E-state index contributed by atoms with van der Waals surface area (Å²) in [5.41, 5.74) is 3.26. The van der Waals surface area contributed by atoms with E-state index in [1.54, 1.807) is 51.4 Å². The Balaban J connectivity index is 1.47. The summed E-state index contributed by atoms with van der Waals surface area (Å²) in [6.45, 7) is 2.18. The zero-order valence-corrected chi connectivity index (χ0v) is 25.3. The molecule has 0 bridgehead atoms. The second-order valence-electron chi connectivity index (χ2n) is 10.0. The van der Waals surface area contributed by atoms with Gasteiger partial charge >= 0.3 is 12.0 Å². The quantitative estimate of drug-likeness (QED) is 0.289. The molecule has 0 aromatic heterocycles. The number of carbonyl (C=O) groups excluding carboxylic acids is 3. The zero-order valence-electron chi connectivity index (χ0n) is 24.5. The second kappa shape index (κ2) is 13.3. The number of methoxy groups -OCH3 is 3. The molecule has 1 fully saturated rings. The Bertz CT molecular complexity index is 1500. The van der Waals surface area contributed by atoms with Crippen molar-refractivity contribution in [1.82, 2.24) is 15.5 Å². The highest BCUT2D eigenvalue weighted by Gasteiger charge is 2.42. The summed E-state index contributed by atoms with van der Waals surface area (Å²) in [6, 6.07) is 11.6. The number of benzene rings is 2. The number of amides is 3. The van der Waals surface area contributed by atoms with Gasteiger partial charge in [-0.3, -0.25) is 9.69 Å². The molecule has 2 aromatic carbocycles. The maximum Gasteiger partial charge on any atom is 0.338 e. The highest BCUT2D eigenvalue weighted by Crippen LogP contribution is 2.37. The molecule has 1 saturated carbocycles. The van der Waals surface area contributed by atoms with Crippen LogP contribution in [0.4, 0.5) is 4.79 Å². The van der Waals surface area contributed by atoms with Crippen molar-refractivity contribution >= 4 is 40.9 Å². The summed E-state index contributed by atoms with van der Waals surface area (Å²) in [4.78, 5) is 46.0. The van der Waals surface area contributed by atoms with E-state index in [-0.39, 0.29) is 36.5 Å². The molecule has 12 heteroatoms. The Morgan fingerprint density at radius 1 is 1.09 bits per heavy atom. The molecule has 1 atom stereocenters. The monoisotopic (exact) mass is 606 g/mol. The minimum atomic E-state index is -0.776. The molecule has 0 unspecified atom stereocenters. The number of urea groups is 1. The topological polar surface area (TPSA) is 128 Å². The first kappa shape index (κ1) is 30.2. The molecule has 0 radical (unpaired) electrons. The first-order chi connectivity index (χ1) is 20.9. The van der Waals surface area contributed by atoms with Crippen LogP contribution in [0.25, 0.3) is 6.08 Å². The molecule has 226 valence electrons. The van der Waals surface area contributed by atoms with Crippen molar-refractivity contribution < 1.29 is 33.3 Å². The molecule has 11 nitrogen and oxygen atoms in total. The Morgan fingerprint density at radius 2 is 1.86 bits per heavy atom. The number of hydrogen-bond donors (Lipinski definition) is 2. The van der Waals surface area contributed by atoms with Crippen molar-refractivity contribution in [3.63, 3.8) is 0 Å². The van der Waals surface area contributed by atoms with E-state index in [9.17, 15) is 14.4 Å². The molecule has 0 spiro atoms. The molecule has 43 heavy (non-hydrogen) atoms. The third-order valence-electron chi connectivity index (χ3n) is 7.12. The number of nitrogens with one attached hydrogen (secondary N) is 2. The molecule has 5 rings (SSSR count). The SMILES string of the molecule is CCOC(=O)C1=C(CSC2=N/C(=C/c3ccc(OC)cc3)C(=O)N2C2CC2)NC(=O)N[C@H]1c1ccc(OC)c(COC)c1. The smallest absolute Gasteiger partial charge is 0.338 e. The largest absolute Gasteiger partial charge is 0.497 e. The number of aliphatic imine (C=N–C) groups is 1. The van der Waals surface area contributed by atoms with Crippen molar-refractivity contribution in [2.45, 2.75) is 38.5 Å². The lowest BCUT2D eigenvalue weighted by Gasteiger charge is -2.30. The third kappa shape index (κ3) is 6.70. The number of nitrogens with zero attached hydrogens (tertiary/aromatic N) is 2. The van der Waals surface area contributed by atoms with Crippen LogP contribution in [0.15, 0.2) is 64.4 Å². The minimum absolute atomic E-state index is 0.0768. The van der Waals surface area contributed by atoms with Gasteiger partial charge in [0.1, 0.15) is 17.2 Å². The predicted molar refractivity (Wildman–Crippen MR) is 163 cm³/mol. The van der Waals surface area contributed by atoms with Crippen LogP contribution < -0.4 is 20.1 Å². The molecule has 2 aromatic rings. The van der Waals surface area contributed by atoms with Gasteiger partial charge in [-0.15, -0.1) is 0 Å². The molecular weight excluding hydrogens is 572 g/mol. The van der Waals surface area contributed by atoms with Gasteiger partial charge in [0.2, 0.25) is 0 Å². The van der Waals surface area contributed by atoms with Crippen molar-refractivity contribution in [2.24, 2.45) is 4.99 Å².